The molecule has 0 aromatic rings. The summed E-state index contributed by atoms with van der Waals surface area (Å²) in [5.41, 5.74) is 0. The standard InChI is InChI=1S/C11H21NO/c1-3-5-10(2)12-7-4-6-11(8-12)9-13/h9-11H,3-8H2,1-2H3. The number of piperidine rings is 1. The van der Waals surface area contributed by atoms with Crippen LogP contribution in [0.15, 0.2) is 0 Å². The third-order valence-corrected chi connectivity index (χ3v) is 3.01. The van der Waals surface area contributed by atoms with Crippen LogP contribution in [0.2, 0.25) is 0 Å². The molecule has 0 amide bonds. The smallest absolute Gasteiger partial charge is 0.124 e. The lowest BCUT2D eigenvalue weighted by molar-refractivity contribution is -0.112. The van der Waals surface area contributed by atoms with E-state index in [4.69, 9.17) is 0 Å². The van der Waals surface area contributed by atoms with Crippen molar-refractivity contribution in [2.45, 2.75) is 45.6 Å². The van der Waals surface area contributed by atoms with Crippen LogP contribution in [0.25, 0.3) is 0 Å². The molecule has 1 saturated heterocycles. The van der Waals surface area contributed by atoms with Crippen molar-refractivity contribution in [2.75, 3.05) is 13.1 Å². The molecule has 0 saturated carbocycles. The number of carbonyl (C=O) groups is 1. The molecule has 0 aromatic carbocycles. The van der Waals surface area contributed by atoms with Gasteiger partial charge in [0.1, 0.15) is 6.29 Å². The minimum atomic E-state index is 0.299. The Bertz CT molecular complexity index is 158. The Balaban J connectivity index is 2.36. The maximum atomic E-state index is 10.7. The van der Waals surface area contributed by atoms with Crippen LogP contribution >= 0.6 is 0 Å². The zero-order valence-corrected chi connectivity index (χ0v) is 8.83. The number of rotatable bonds is 4. The van der Waals surface area contributed by atoms with Crippen molar-refractivity contribution >= 4 is 6.29 Å². The summed E-state index contributed by atoms with van der Waals surface area (Å²) in [6.07, 6.45) is 5.91. The van der Waals surface area contributed by atoms with E-state index in [1.165, 1.54) is 25.8 Å². The summed E-state index contributed by atoms with van der Waals surface area (Å²) in [5.74, 6) is 0.299. The number of hydrogen-bond acceptors (Lipinski definition) is 2. The zero-order chi connectivity index (χ0) is 9.68. The van der Waals surface area contributed by atoms with Gasteiger partial charge < -0.3 is 4.79 Å². The fourth-order valence-corrected chi connectivity index (χ4v) is 2.15. The van der Waals surface area contributed by atoms with Crippen LogP contribution in [0.3, 0.4) is 0 Å². The molecule has 2 nitrogen and oxygen atoms in total. The highest BCUT2D eigenvalue weighted by molar-refractivity contribution is 5.53. The summed E-state index contributed by atoms with van der Waals surface area (Å²) in [4.78, 5) is 13.1. The first kappa shape index (κ1) is 10.7. The third kappa shape index (κ3) is 3.11. The van der Waals surface area contributed by atoms with Gasteiger partial charge in [0.15, 0.2) is 0 Å². The SMILES string of the molecule is CCCC(C)N1CCCC(C=O)C1. The second-order valence-electron chi connectivity index (χ2n) is 4.17. The first-order valence-corrected chi connectivity index (χ1v) is 5.47. The Kier molecular flexibility index (Phi) is 4.43. The van der Waals surface area contributed by atoms with Crippen molar-refractivity contribution in [1.82, 2.24) is 4.90 Å². The van der Waals surface area contributed by atoms with Gasteiger partial charge in [0.2, 0.25) is 0 Å². The number of carbonyl (C=O) groups excluding carboxylic acids is 1. The number of likely N-dealkylation sites (tertiary alicyclic amines) is 1. The van der Waals surface area contributed by atoms with E-state index in [0.717, 1.165) is 19.3 Å². The van der Waals surface area contributed by atoms with Crippen LogP contribution < -0.4 is 0 Å². The molecule has 0 aliphatic carbocycles. The summed E-state index contributed by atoms with van der Waals surface area (Å²) in [6.45, 7) is 6.67. The van der Waals surface area contributed by atoms with E-state index in [0.29, 0.717) is 12.0 Å². The highest BCUT2D eigenvalue weighted by Crippen LogP contribution is 2.18. The van der Waals surface area contributed by atoms with Gasteiger partial charge in [-0.25, -0.2) is 0 Å². The van der Waals surface area contributed by atoms with Gasteiger partial charge in [-0.05, 0) is 32.7 Å². The number of nitrogens with zero attached hydrogens (tertiary/aromatic N) is 1. The van der Waals surface area contributed by atoms with E-state index < -0.39 is 0 Å². The van der Waals surface area contributed by atoms with E-state index in [1.54, 1.807) is 0 Å². The van der Waals surface area contributed by atoms with Crippen molar-refractivity contribution < 1.29 is 4.79 Å². The molecular formula is C11H21NO. The molecule has 1 rings (SSSR count). The quantitative estimate of drug-likeness (QED) is 0.622. The maximum Gasteiger partial charge on any atom is 0.124 e. The van der Waals surface area contributed by atoms with Gasteiger partial charge in [0.25, 0.3) is 0 Å². The van der Waals surface area contributed by atoms with E-state index in [9.17, 15) is 4.79 Å². The first-order valence-electron chi connectivity index (χ1n) is 5.47. The van der Waals surface area contributed by atoms with Gasteiger partial charge in [-0.3, -0.25) is 4.90 Å². The van der Waals surface area contributed by atoms with E-state index >= 15 is 0 Å². The summed E-state index contributed by atoms with van der Waals surface area (Å²) >= 11 is 0. The topological polar surface area (TPSA) is 20.3 Å². The third-order valence-electron chi connectivity index (χ3n) is 3.01. The zero-order valence-electron chi connectivity index (χ0n) is 8.83. The second-order valence-corrected chi connectivity index (χ2v) is 4.17. The summed E-state index contributed by atoms with van der Waals surface area (Å²) < 4.78 is 0. The molecule has 1 aliphatic heterocycles. The Morgan fingerprint density at radius 3 is 3.00 bits per heavy atom. The van der Waals surface area contributed by atoms with Crippen molar-refractivity contribution in [1.29, 1.82) is 0 Å². The molecule has 13 heavy (non-hydrogen) atoms. The Hall–Kier alpha value is -0.370. The van der Waals surface area contributed by atoms with Crippen LogP contribution in [0.4, 0.5) is 0 Å². The van der Waals surface area contributed by atoms with Gasteiger partial charge in [-0.15, -0.1) is 0 Å². The van der Waals surface area contributed by atoms with Crippen LogP contribution in [0.1, 0.15) is 39.5 Å². The van der Waals surface area contributed by atoms with Gasteiger partial charge in [0.05, 0.1) is 0 Å². The predicted octanol–water partition coefficient (Wildman–Crippen LogP) is 2.09. The molecule has 0 spiro atoms. The lowest BCUT2D eigenvalue weighted by Gasteiger charge is -2.34. The second kappa shape index (κ2) is 5.38. The molecule has 0 radical (unpaired) electrons. The van der Waals surface area contributed by atoms with Crippen LogP contribution in [0.5, 0.6) is 0 Å². The van der Waals surface area contributed by atoms with Gasteiger partial charge in [-0.2, -0.15) is 0 Å². The summed E-state index contributed by atoms with van der Waals surface area (Å²) in [5, 5.41) is 0. The van der Waals surface area contributed by atoms with Crippen LogP contribution in [0, 0.1) is 5.92 Å². The molecule has 1 aliphatic rings. The van der Waals surface area contributed by atoms with E-state index in [-0.39, 0.29) is 0 Å². The summed E-state index contributed by atoms with van der Waals surface area (Å²) in [7, 11) is 0. The molecule has 2 unspecified atom stereocenters. The molecule has 2 heteroatoms. The first-order chi connectivity index (χ1) is 6.27. The fraction of sp³-hybridized carbons (Fsp3) is 0.909. The Labute approximate surface area is 81.3 Å². The van der Waals surface area contributed by atoms with Crippen molar-refractivity contribution in [3.63, 3.8) is 0 Å². The largest absolute Gasteiger partial charge is 0.303 e. The van der Waals surface area contributed by atoms with Crippen LogP contribution in [-0.2, 0) is 4.79 Å². The highest BCUT2D eigenvalue weighted by atomic mass is 16.1. The fourth-order valence-electron chi connectivity index (χ4n) is 2.15. The Morgan fingerprint density at radius 1 is 1.62 bits per heavy atom. The predicted molar refractivity (Wildman–Crippen MR) is 54.7 cm³/mol. The molecular weight excluding hydrogens is 162 g/mol. The van der Waals surface area contributed by atoms with Gasteiger partial charge in [0, 0.05) is 18.5 Å². The van der Waals surface area contributed by atoms with Crippen molar-refractivity contribution in [3.8, 4) is 0 Å². The molecule has 1 heterocycles. The average Bonchev–Trinajstić information content (AvgIpc) is 2.18. The molecule has 0 N–H and O–H groups in total. The van der Waals surface area contributed by atoms with Crippen molar-refractivity contribution in [2.24, 2.45) is 5.92 Å². The van der Waals surface area contributed by atoms with Gasteiger partial charge >= 0.3 is 0 Å². The van der Waals surface area contributed by atoms with Crippen molar-refractivity contribution in [3.05, 3.63) is 0 Å². The molecule has 76 valence electrons. The normalized spacial score (nSPS) is 27.1. The van der Waals surface area contributed by atoms with E-state index in [1.807, 2.05) is 0 Å². The lowest BCUT2D eigenvalue weighted by atomic mass is 9.97. The molecule has 2 atom stereocenters. The lowest BCUT2D eigenvalue weighted by Crippen LogP contribution is -2.41. The minimum Gasteiger partial charge on any atom is -0.303 e. The van der Waals surface area contributed by atoms with Crippen LogP contribution in [-0.4, -0.2) is 30.3 Å². The maximum absolute atomic E-state index is 10.7. The number of hydrogen-bond donors (Lipinski definition) is 0. The average molecular weight is 183 g/mol. The molecule has 1 fully saturated rings. The highest BCUT2D eigenvalue weighted by Gasteiger charge is 2.22. The Morgan fingerprint density at radius 2 is 2.38 bits per heavy atom. The number of aldehydes is 1. The monoisotopic (exact) mass is 183 g/mol. The van der Waals surface area contributed by atoms with E-state index in [2.05, 4.69) is 18.7 Å². The summed E-state index contributed by atoms with van der Waals surface area (Å²) in [6, 6.07) is 0.660. The molecule has 0 bridgehead atoms. The molecule has 0 aromatic heterocycles. The van der Waals surface area contributed by atoms with Gasteiger partial charge in [-0.1, -0.05) is 13.3 Å². The minimum absolute atomic E-state index is 0.299.